The molecule has 146 valence electrons. The summed E-state index contributed by atoms with van der Waals surface area (Å²) in [5, 5.41) is 15.9. The van der Waals surface area contributed by atoms with E-state index in [4.69, 9.17) is 0 Å². The Labute approximate surface area is 175 Å². The van der Waals surface area contributed by atoms with Crippen molar-refractivity contribution < 1.29 is 9.50 Å². The van der Waals surface area contributed by atoms with Gasteiger partial charge in [-0.15, -0.1) is 24.0 Å². The number of benzene rings is 1. The van der Waals surface area contributed by atoms with E-state index in [9.17, 15) is 9.50 Å². The molecule has 0 spiro atoms. The lowest BCUT2D eigenvalue weighted by Crippen LogP contribution is -2.48. The van der Waals surface area contributed by atoms with E-state index in [-0.39, 0.29) is 29.7 Å². The number of halogens is 2. The Balaban J connectivity index is 0.00000261. The van der Waals surface area contributed by atoms with E-state index in [1.165, 1.54) is 12.1 Å². The Morgan fingerprint density at radius 3 is 2.70 bits per heavy atom. The van der Waals surface area contributed by atoms with Crippen LogP contribution < -0.4 is 15.5 Å². The highest BCUT2D eigenvalue weighted by atomic mass is 127. The van der Waals surface area contributed by atoms with Crippen LogP contribution in [0, 0.1) is 5.82 Å². The number of anilines is 1. The lowest BCUT2D eigenvalue weighted by atomic mass is 10.1. The summed E-state index contributed by atoms with van der Waals surface area (Å²) in [4.78, 5) is 10.9. The maximum absolute atomic E-state index is 13.4. The van der Waals surface area contributed by atoms with E-state index >= 15 is 0 Å². The van der Waals surface area contributed by atoms with Gasteiger partial charge in [0.15, 0.2) is 17.5 Å². The summed E-state index contributed by atoms with van der Waals surface area (Å²) in [6, 6.07) is 10.7. The fraction of sp³-hybridized carbons (Fsp3) is 0.368. The van der Waals surface area contributed by atoms with Gasteiger partial charge >= 0.3 is 0 Å². The van der Waals surface area contributed by atoms with Crippen LogP contribution >= 0.6 is 24.0 Å². The van der Waals surface area contributed by atoms with Gasteiger partial charge in [0, 0.05) is 38.9 Å². The van der Waals surface area contributed by atoms with Gasteiger partial charge in [-0.3, -0.25) is 4.99 Å². The molecule has 1 aromatic carbocycles. The highest BCUT2D eigenvalue weighted by Gasteiger charge is 2.20. The highest BCUT2D eigenvalue weighted by molar-refractivity contribution is 14.0. The van der Waals surface area contributed by atoms with Crippen molar-refractivity contribution in [1.29, 1.82) is 0 Å². The third kappa shape index (κ3) is 5.95. The SMILES string of the molecule is CN=C(NCc1ccc(O)c(F)c1)NC1CCN(c2ccccn2)CC1.I. The molecule has 0 amide bonds. The average Bonchev–Trinajstić information content (AvgIpc) is 2.69. The number of aliphatic imine (C=N–C) groups is 1. The third-order valence-electron chi connectivity index (χ3n) is 4.50. The van der Waals surface area contributed by atoms with Crippen LogP contribution in [0.1, 0.15) is 18.4 Å². The zero-order chi connectivity index (χ0) is 18.4. The molecule has 27 heavy (non-hydrogen) atoms. The lowest BCUT2D eigenvalue weighted by Gasteiger charge is -2.33. The summed E-state index contributed by atoms with van der Waals surface area (Å²) in [6.07, 6.45) is 3.80. The molecule has 1 aromatic heterocycles. The van der Waals surface area contributed by atoms with E-state index in [0.29, 0.717) is 18.5 Å². The Morgan fingerprint density at radius 1 is 1.30 bits per heavy atom. The van der Waals surface area contributed by atoms with Crippen LogP contribution in [0.2, 0.25) is 0 Å². The zero-order valence-electron chi connectivity index (χ0n) is 15.2. The minimum Gasteiger partial charge on any atom is -0.505 e. The molecular formula is C19H25FIN5O. The molecule has 0 unspecified atom stereocenters. The summed E-state index contributed by atoms with van der Waals surface area (Å²) >= 11 is 0. The summed E-state index contributed by atoms with van der Waals surface area (Å²) < 4.78 is 13.4. The Hall–Kier alpha value is -2.10. The molecule has 0 saturated carbocycles. The number of aromatic hydroxyl groups is 1. The van der Waals surface area contributed by atoms with E-state index in [1.807, 2.05) is 24.4 Å². The second-order valence-electron chi connectivity index (χ2n) is 6.31. The molecular weight excluding hydrogens is 460 g/mol. The van der Waals surface area contributed by atoms with E-state index in [2.05, 4.69) is 25.5 Å². The number of phenolic OH excluding ortho intramolecular Hbond substituents is 1. The van der Waals surface area contributed by atoms with E-state index in [0.717, 1.165) is 37.3 Å². The Kier molecular flexibility index (Phi) is 8.08. The summed E-state index contributed by atoms with van der Waals surface area (Å²) in [5.74, 6) is 0.752. The van der Waals surface area contributed by atoms with Gasteiger partial charge in [-0.05, 0) is 42.7 Å². The molecule has 0 aliphatic carbocycles. The maximum atomic E-state index is 13.4. The number of aromatic nitrogens is 1. The summed E-state index contributed by atoms with van der Waals surface area (Å²) in [5.41, 5.74) is 0.744. The van der Waals surface area contributed by atoms with Crippen molar-refractivity contribution in [2.75, 3.05) is 25.0 Å². The molecule has 0 atom stereocenters. The number of rotatable bonds is 4. The van der Waals surface area contributed by atoms with Gasteiger partial charge in [-0.25, -0.2) is 9.37 Å². The molecule has 1 saturated heterocycles. The lowest BCUT2D eigenvalue weighted by molar-refractivity contribution is 0.431. The first-order chi connectivity index (χ1) is 12.7. The molecule has 3 rings (SSSR count). The second kappa shape index (κ2) is 10.3. The largest absolute Gasteiger partial charge is 0.505 e. The fourth-order valence-electron chi connectivity index (χ4n) is 3.03. The number of pyridine rings is 1. The molecule has 0 radical (unpaired) electrons. The summed E-state index contributed by atoms with van der Waals surface area (Å²) in [6.45, 7) is 2.31. The topological polar surface area (TPSA) is 72.8 Å². The standard InChI is InChI=1S/C19H24FN5O.HI/c1-21-19(23-13-14-5-6-17(26)16(20)12-14)24-15-7-10-25(11-8-15)18-4-2-3-9-22-18;/h2-6,9,12,15,26H,7-8,10-11,13H2,1H3,(H2,21,23,24);1H. The van der Waals surface area contributed by atoms with Crippen LogP contribution in [0.25, 0.3) is 0 Å². The zero-order valence-corrected chi connectivity index (χ0v) is 17.6. The fourth-order valence-corrected chi connectivity index (χ4v) is 3.03. The van der Waals surface area contributed by atoms with Gasteiger partial charge in [0.2, 0.25) is 0 Å². The van der Waals surface area contributed by atoms with Crippen molar-refractivity contribution in [3.05, 3.63) is 54.0 Å². The first kappa shape index (κ1) is 21.2. The normalized spacial score (nSPS) is 15.2. The Morgan fingerprint density at radius 2 is 2.07 bits per heavy atom. The quantitative estimate of drug-likeness (QED) is 0.353. The number of piperidine rings is 1. The molecule has 1 fully saturated rings. The van der Waals surface area contributed by atoms with Gasteiger partial charge in [-0.2, -0.15) is 0 Å². The first-order valence-electron chi connectivity index (χ1n) is 8.76. The van der Waals surface area contributed by atoms with Gasteiger partial charge in [-0.1, -0.05) is 12.1 Å². The molecule has 1 aliphatic heterocycles. The number of hydrogen-bond acceptors (Lipinski definition) is 4. The van der Waals surface area contributed by atoms with E-state index < -0.39 is 5.82 Å². The van der Waals surface area contributed by atoms with Crippen molar-refractivity contribution >= 4 is 35.8 Å². The molecule has 8 heteroatoms. The maximum Gasteiger partial charge on any atom is 0.191 e. The number of nitrogens with one attached hydrogen (secondary N) is 2. The molecule has 2 aromatic rings. The number of hydrogen-bond donors (Lipinski definition) is 3. The molecule has 0 bridgehead atoms. The Bertz CT molecular complexity index is 751. The molecule has 2 heterocycles. The average molecular weight is 485 g/mol. The first-order valence-corrected chi connectivity index (χ1v) is 8.76. The van der Waals surface area contributed by atoms with Crippen molar-refractivity contribution in [2.45, 2.75) is 25.4 Å². The summed E-state index contributed by atoms with van der Waals surface area (Å²) in [7, 11) is 1.72. The van der Waals surface area contributed by atoms with Gasteiger partial charge < -0.3 is 20.6 Å². The van der Waals surface area contributed by atoms with Crippen molar-refractivity contribution in [3.8, 4) is 5.75 Å². The van der Waals surface area contributed by atoms with Crippen molar-refractivity contribution in [1.82, 2.24) is 15.6 Å². The van der Waals surface area contributed by atoms with Crippen LogP contribution in [0.4, 0.5) is 10.2 Å². The van der Waals surface area contributed by atoms with Crippen LogP contribution in [-0.2, 0) is 6.54 Å². The number of nitrogens with zero attached hydrogens (tertiary/aromatic N) is 3. The van der Waals surface area contributed by atoms with Crippen LogP contribution in [-0.4, -0.2) is 42.2 Å². The number of phenols is 1. The van der Waals surface area contributed by atoms with Crippen molar-refractivity contribution in [2.24, 2.45) is 4.99 Å². The molecule has 3 N–H and O–H groups in total. The molecule has 1 aliphatic rings. The number of guanidine groups is 1. The van der Waals surface area contributed by atoms with E-state index in [1.54, 1.807) is 13.1 Å². The van der Waals surface area contributed by atoms with Crippen LogP contribution in [0.5, 0.6) is 5.75 Å². The smallest absolute Gasteiger partial charge is 0.191 e. The van der Waals surface area contributed by atoms with Crippen LogP contribution in [0.3, 0.4) is 0 Å². The monoisotopic (exact) mass is 485 g/mol. The van der Waals surface area contributed by atoms with Crippen LogP contribution in [0.15, 0.2) is 47.6 Å². The predicted molar refractivity (Wildman–Crippen MR) is 116 cm³/mol. The third-order valence-corrected chi connectivity index (χ3v) is 4.50. The van der Waals surface area contributed by atoms with Gasteiger partial charge in [0.25, 0.3) is 0 Å². The second-order valence-corrected chi connectivity index (χ2v) is 6.31. The van der Waals surface area contributed by atoms with Gasteiger partial charge in [0.1, 0.15) is 5.82 Å². The van der Waals surface area contributed by atoms with Crippen molar-refractivity contribution in [3.63, 3.8) is 0 Å². The minimum absolute atomic E-state index is 0. The molecule has 6 nitrogen and oxygen atoms in total. The highest BCUT2D eigenvalue weighted by Crippen LogP contribution is 2.18. The minimum atomic E-state index is -0.617. The predicted octanol–water partition coefficient (Wildman–Crippen LogP) is 2.88. The van der Waals surface area contributed by atoms with Gasteiger partial charge in [0.05, 0.1) is 0 Å².